The average molecular weight is 646 g/mol. The van der Waals surface area contributed by atoms with Crippen LogP contribution in [0, 0.1) is 7.14 Å². The number of nitrogens with zero attached hydrogens (tertiary/aromatic N) is 3. The Hall–Kier alpha value is -2.46. The second-order valence-electron chi connectivity index (χ2n) is 6.83. The van der Waals surface area contributed by atoms with E-state index in [-0.39, 0.29) is 7.43 Å². The van der Waals surface area contributed by atoms with E-state index in [4.69, 9.17) is 5.10 Å². The summed E-state index contributed by atoms with van der Waals surface area (Å²) >= 11 is 4.50. The van der Waals surface area contributed by atoms with E-state index in [9.17, 15) is 0 Å². The molecule has 0 saturated carbocycles. The van der Waals surface area contributed by atoms with Gasteiger partial charge in [0, 0.05) is 12.4 Å². The van der Waals surface area contributed by atoms with Crippen molar-refractivity contribution in [3.05, 3.63) is 140 Å². The molecule has 1 N–H and O–H groups in total. The van der Waals surface area contributed by atoms with E-state index < -0.39 is 5.54 Å². The van der Waals surface area contributed by atoms with Crippen LogP contribution < -0.4 is 0 Å². The Labute approximate surface area is 216 Å². The van der Waals surface area contributed by atoms with Gasteiger partial charge in [-0.05, 0) is 61.9 Å². The fraction of sp³-hybridized carbons (Fsp3) is 0.0769. The molecular formula is C26H24I2N4. The fourth-order valence-corrected chi connectivity index (χ4v) is 4.32. The molecule has 0 spiro atoms. The second kappa shape index (κ2) is 11.4. The molecule has 5 aromatic rings. The number of nitrogens with one attached hydrogen (secondary N) is 1. The normalized spacial score (nSPS) is 10.6. The van der Waals surface area contributed by atoms with E-state index in [1.54, 1.807) is 6.20 Å². The zero-order chi connectivity index (χ0) is 21.5. The highest BCUT2D eigenvalue weighted by atomic mass is 127. The molecule has 0 radical (unpaired) electrons. The van der Waals surface area contributed by atoms with Gasteiger partial charge in [0.15, 0.2) is 0 Å². The lowest BCUT2D eigenvalue weighted by atomic mass is 9.77. The molecule has 6 heteroatoms. The van der Waals surface area contributed by atoms with Gasteiger partial charge in [-0.1, -0.05) is 98.4 Å². The molecule has 0 aliphatic rings. The van der Waals surface area contributed by atoms with Gasteiger partial charge >= 0.3 is 0 Å². The van der Waals surface area contributed by atoms with Crippen LogP contribution in [0.3, 0.4) is 0 Å². The Morgan fingerprint density at radius 2 is 1.12 bits per heavy atom. The van der Waals surface area contributed by atoms with Gasteiger partial charge in [0.2, 0.25) is 0 Å². The first-order chi connectivity index (χ1) is 15.2. The molecule has 0 amide bonds. The summed E-state index contributed by atoms with van der Waals surface area (Å²) in [5.41, 5.74) is 3.05. The average Bonchev–Trinajstić information content (AvgIpc) is 3.48. The molecule has 0 unspecified atom stereocenters. The molecule has 3 aromatic carbocycles. The van der Waals surface area contributed by atoms with Crippen LogP contribution in [-0.2, 0) is 5.54 Å². The number of aromatic nitrogens is 4. The van der Waals surface area contributed by atoms with Crippen molar-refractivity contribution in [1.29, 1.82) is 0 Å². The maximum absolute atomic E-state index is 4.73. The maximum Gasteiger partial charge on any atom is 0.138 e. The molecule has 0 atom stereocenters. The molecule has 0 bridgehead atoms. The Morgan fingerprint density at radius 3 is 1.41 bits per heavy atom. The standard InChI is InChI=1S/C22H17IN2.C3H3IN2.CH4/c23-21-16-24-25(17-21)22(18-10-4-1-5-11-18,19-12-6-2-7-13-19)20-14-8-3-9-15-20;4-3-1-5-6-2-3;/h1-17H;1-2H,(H,5,6);1H4. The van der Waals surface area contributed by atoms with Crippen LogP contribution >= 0.6 is 45.2 Å². The quantitative estimate of drug-likeness (QED) is 0.169. The zero-order valence-electron chi connectivity index (χ0n) is 16.6. The minimum absolute atomic E-state index is 0. The van der Waals surface area contributed by atoms with Crippen LogP contribution in [0.4, 0.5) is 0 Å². The highest BCUT2D eigenvalue weighted by molar-refractivity contribution is 14.1. The third kappa shape index (κ3) is 5.12. The van der Waals surface area contributed by atoms with Gasteiger partial charge in [0.1, 0.15) is 5.54 Å². The van der Waals surface area contributed by atoms with Crippen LogP contribution in [0.1, 0.15) is 24.1 Å². The van der Waals surface area contributed by atoms with Crippen molar-refractivity contribution < 1.29 is 0 Å². The first-order valence-electron chi connectivity index (χ1n) is 9.73. The van der Waals surface area contributed by atoms with Gasteiger partial charge in [0.05, 0.1) is 19.5 Å². The summed E-state index contributed by atoms with van der Waals surface area (Å²) in [6, 6.07) is 31.7. The number of H-pyrrole nitrogens is 1. The van der Waals surface area contributed by atoms with Crippen molar-refractivity contribution in [2.24, 2.45) is 0 Å². The van der Waals surface area contributed by atoms with E-state index in [2.05, 4.69) is 157 Å². The number of benzene rings is 3. The Balaban J connectivity index is 0.000000360. The van der Waals surface area contributed by atoms with E-state index in [1.165, 1.54) is 16.7 Å². The number of hydrogen-bond donors (Lipinski definition) is 1. The van der Waals surface area contributed by atoms with Crippen LogP contribution in [0.5, 0.6) is 0 Å². The van der Waals surface area contributed by atoms with Crippen molar-refractivity contribution in [3.8, 4) is 0 Å². The van der Waals surface area contributed by atoms with Gasteiger partial charge in [-0.15, -0.1) is 0 Å². The fourth-order valence-electron chi connectivity index (χ4n) is 3.65. The first-order valence-corrected chi connectivity index (χ1v) is 11.9. The Morgan fingerprint density at radius 1 is 0.656 bits per heavy atom. The minimum atomic E-state index is -0.507. The van der Waals surface area contributed by atoms with Gasteiger partial charge in [-0.25, -0.2) is 0 Å². The minimum Gasteiger partial charge on any atom is -0.285 e. The van der Waals surface area contributed by atoms with Gasteiger partial charge in [-0.2, -0.15) is 10.2 Å². The molecule has 162 valence electrons. The monoisotopic (exact) mass is 646 g/mol. The predicted octanol–water partition coefficient (Wildman–Crippen LogP) is 6.98. The Kier molecular flexibility index (Phi) is 8.63. The van der Waals surface area contributed by atoms with Crippen molar-refractivity contribution in [2.45, 2.75) is 13.0 Å². The van der Waals surface area contributed by atoms with Crippen molar-refractivity contribution >= 4 is 45.2 Å². The second-order valence-corrected chi connectivity index (χ2v) is 9.32. The van der Waals surface area contributed by atoms with Crippen molar-refractivity contribution in [1.82, 2.24) is 20.0 Å². The van der Waals surface area contributed by atoms with Crippen LogP contribution in [0.25, 0.3) is 0 Å². The van der Waals surface area contributed by atoms with Gasteiger partial charge < -0.3 is 0 Å². The molecule has 2 aromatic heterocycles. The summed E-state index contributed by atoms with van der Waals surface area (Å²) in [7, 11) is 0. The molecule has 0 fully saturated rings. The predicted molar refractivity (Wildman–Crippen MR) is 148 cm³/mol. The summed E-state index contributed by atoms with van der Waals surface area (Å²) in [6.45, 7) is 0. The highest BCUT2D eigenvalue weighted by Gasteiger charge is 2.39. The van der Waals surface area contributed by atoms with Crippen LogP contribution in [0.2, 0.25) is 0 Å². The SMILES string of the molecule is C.Ic1cn[nH]c1.Ic1cnn(C(c2ccccc2)(c2ccccc2)c2ccccc2)c1. The van der Waals surface area contributed by atoms with Crippen LogP contribution in [-0.4, -0.2) is 20.0 Å². The van der Waals surface area contributed by atoms with E-state index in [1.807, 2.05) is 12.4 Å². The molecule has 2 heterocycles. The summed E-state index contributed by atoms with van der Waals surface area (Å²) in [5, 5.41) is 11.1. The van der Waals surface area contributed by atoms with Crippen molar-refractivity contribution in [3.63, 3.8) is 0 Å². The molecular weight excluding hydrogens is 622 g/mol. The number of aromatic amines is 1. The van der Waals surface area contributed by atoms with E-state index >= 15 is 0 Å². The van der Waals surface area contributed by atoms with E-state index in [0.29, 0.717) is 0 Å². The smallest absolute Gasteiger partial charge is 0.138 e. The van der Waals surface area contributed by atoms with Crippen molar-refractivity contribution in [2.75, 3.05) is 0 Å². The third-order valence-electron chi connectivity index (χ3n) is 4.93. The number of hydrogen-bond acceptors (Lipinski definition) is 2. The summed E-state index contributed by atoms with van der Waals surface area (Å²) in [5.74, 6) is 0. The lowest BCUT2D eigenvalue weighted by Crippen LogP contribution is -2.38. The topological polar surface area (TPSA) is 46.5 Å². The van der Waals surface area contributed by atoms with Crippen LogP contribution in [0.15, 0.2) is 116 Å². The largest absolute Gasteiger partial charge is 0.285 e. The third-order valence-corrected chi connectivity index (χ3v) is 6.08. The summed E-state index contributed by atoms with van der Waals surface area (Å²) < 4.78 is 4.34. The molecule has 0 aliphatic heterocycles. The highest BCUT2D eigenvalue weighted by Crippen LogP contribution is 2.40. The Bertz CT molecular complexity index is 1090. The first kappa shape index (κ1) is 24.2. The summed E-state index contributed by atoms with van der Waals surface area (Å²) in [4.78, 5) is 0. The lowest BCUT2D eigenvalue weighted by Gasteiger charge is -2.36. The molecule has 4 nitrogen and oxygen atoms in total. The summed E-state index contributed by atoms with van der Waals surface area (Å²) in [6.07, 6.45) is 7.61. The zero-order valence-corrected chi connectivity index (χ0v) is 20.9. The molecule has 5 rings (SSSR count). The van der Waals surface area contributed by atoms with E-state index in [0.717, 1.165) is 7.14 Å². The molecule has 0 aliphatic carbocycles. The van der Waals surface area contributed by atoms with Gasteiger partial charge in [-0.3, -0.25) is 9.78 Å². The number of rotatable bonds is 4. The molecule has 0 saturated heterocycles. The molecule has 32 heavy (non-hydrogen) atoms. The lowest BCUT2D eigenvalue weighted by molar-refractivity contribution is 0.460. The van der Waals surface area contributed by atoms with Gasteiger partial charge in [0.25, 0.3) is 0 Å². The number of halogens is 2. The maximum atomic E-state index is 4.73.